The Kier molecular flexibility index (Phi) is 6.44. The second-order valence-electron chi connectivity index (χ2n) is 8.43. The molecule has 2 atom stereocenters. The summed E-state index contributed by atoms with van der Waals surface area (Å²) < 4.78 is 28.8. The van der Waals surface area contributed by atoms with Crippen LogP contribution >= 0.6 is 0 Å². The highest BCUT2D eigenvalue weighted by Gasteiger charge is 2.32. The normalized spacial score (nSPS) is 16.6. The quantitative estimate of drug-likeness (QED) is 0.575. The minimum atomic E-state index is -3.65. The molecule has 1 heterocycles. The standard InChI is InChI=1S/C26H28N2O3S/c1-19(13-14-21-9-5-3-6-10-21)27-32(30,31)24-15-16-25-23(18-24)17-20(2)28(25)26(29)22-11-7-4-8-12-22/h3-12,15-16,18-20,27H,13-14,17H2,1-2H3/t19-,20+/m0/s1. The van der Waals surface area contributed by atoms with Gasteiger partial charge in [-0.1, -0.05) is 48.5 Å². The van der Waals surface area contributed by atoms with E-state index < -0.39 is 10.0 Å². The fourth-order valence-electron chi connectivity index (χ4n) is 4.22. The van der Waals surface area contributed by atoms with Crippen molar-refractivity contribution in [1.29, 1.82) is 0 Å². The fourth-order valence-corrected chi connectivity index (χ4v) is 5.55. The topological polar surface area (TPSA) is 66.5 Å². The zero-order chi connectivity index (χ0) is 22.7. The maximum atomic E-state index is 13.0. The van der Waals surface area contributed by atoms with Gasteiger partial charge in [0.05, 0.1) is 4.90 Å². The predicted octanol–water partition coefficient (Wildman–Crippen LogP) is 4.58. The van der Waals surface area contributed by atoms with E-state index in [2.05, 4.69) is 4.72 Å². The van der Waals surface area contributed by atoms with E-state index in [9.17, 15) is 13.2 Å². The van der Waals surface area contributed by atoms with E-state index in [1.807, 2.05) is 62.4 Å². The molecule has 0 spiro atoms. The number of rotatable bonds is 7. The third-order valence-electron chi connectivity index (χ3n) is 5.88. The van der Waals surface area contributed by atoms with E-state index in [4.69, 9.17) is 0 Å². The Morgan fingerprint density at radius 2 is 1.69 bits per heavy atom. The van der Waals surface area contributed by atoms with E-state index in [0.29, 0.717) is 18.4 Å². The van der Waals surface area contributed by atoms with Crippen molar-refractivity contribution in [2.24, 2.45) is 0 Å². The van der Waals surface area contributed by atoms with Gasteiger partial charge >= 0.3 is 0 Å². The fraction of sp³-hybridized carbons (Fsp3) is 0.269. The number of benzene rings is 3. The monoisotopic (exact) mass is 448 g/mol. The molecule has 0 unspecified atom stereocenters. The van der Waals surface area contributed by atoms with Crippen LogP contribution in [0.1, 0.15) is 41.8 Å². The van der Waals surface area contributed by atoms with Crippen molar-refractivity contribution in [2.75, 3.05) is 4.90 Å². The first-order valence-corrected chi connectivity index (χ1v) is 12.4. The van der Waals surface area contributed by atoms with Crippen molar-refractivity contribution in [3.63, 3.8) is 0 Å². The number of amides is 1. The van der Waals surface area contributed by atoms with Gasteiger partial charge in [0, 0.05) is 23.3 Å². The molecule has 0 saturated heterocycles. The van der Waals surface area contributed by atoms with Crippen LogP contribution in [0, 0.1) is 0 Å². The van der Waals surface area contributed by atoms with Gasteiger partial charge in [-0.25, -0.2) is 13.1 Å². The molecular weight excluding hydrogens is 420 g/mol. The number of carbonyl (C=O) groups is 1. The molecule has 1 amide bonds. The van der Waals surface area contributed by atoms with Crippen LogP contribution < -0.4 is 9.62 Å². The van der Waals surface area contributed by atoms with E-state index in [1.165, 1.54) is 5.56 Å². The van der Waals surface area contributed by atoms with Gasteiger partial charge in [0.2, 0.25) is 10.0 Å². The van der Waals surface area contributed by atoms with Crippen LogP contribution in [0.25, 0.3) is 0 Å². The highest BCUT2D eigenvalue weighted by atomic mass is 32.2. The molecule has 1 aliphatic rings. The summed E-state index contributed by atoms with van der Waals surface area (Å²) in [7, 11) is -3.65. The smallest absolute Gasteiger partial charge is 0.258 e. The largest absolute Gasteiger partial charge is 0.305 e. The lowest BCUT2D eigenvalue weighted by atomic mass is 10.1. The van der Waals surface area contributed by atoms with Gasteiger partial charge in [0.1, 0.15) is 0 Å². The maximum Gasteiger partial charge on any atom is 0.258 e. The number of aryl methyl sites for hydroxylation is 1. The van der Waals surface area contributed by atoms with E-state index in [1.54, 1.807) is 35.2 Å². The van der Waals surface area contributed by atoms with E-state index in [-0.39, 0.29) is 22.9 Å². The molecule has 0 radical (unpaired) electrons. The summed E-state index contributed by atoms with van der Waals surface area (Å²) in [6.07, 6.45) is 2.15. The van der Waals surface area contributed by atoms with E-state index in [0.717, 1.165) is 17.7 Å². The van der Waals surface area contributed by atoms with Gasteiger partial charge in [-0.2, -0.15) is 0 Å². The number of hydrogen-bond acceptors (Lipinski definition) is 3. The average molecular weight is 449 g/mol. The van der Waals surface area contributed by atoms with Crippen LogP contribution in [0.2, 0.25) is 0 Å². The van der Waals surface area contributed by atoms with Crippen molar-refractivity contribution in [3.8, 4) is 0 Å². The number of nitrogens with one attached hydrogen (secondary N) is 1. The summed E-state index contributed by atoms with van der Waals surface area (Å²) >= 11 is 0. The first-order chi connectivity index (χ1) is 15.3. The Bertz CT molecular complexity index is 1190. The highest BCUT2D eigenvalue weighted by Crippen LogP contribution is 2.35. The van der Waals surface area contributed by atoms with Crippen molar-refractivity contribution < 1.29 is 13.2 Å². The number of sulfonamides is 1. The zero-order valence-corrected chi connectivity index (χ0v) is 19.2. The minimum absolute atomic E-state index is 0.0339. The summed E-state index contributed by atoms with van der Waals surface area (Å²) in [6.45, 7) is 3.87. The lowest BCUT2D eigenvalue weighted by Crippen LogP contribution is -2.35. The summed E-state index contributed by atoms with van der Waals surface area (Å²) in [5.74, 6) is -0.0693. The molecule has 3 aromatic carbocycles. The highest BCUT2D eigenvalue weighted by molar-refractivity contribution is 7.89. The first kappa shape index (κ1) is 22.2. The summed E-state index contributed by atoms with van der Waals surface area (Å²) in [5, 5.41) is 0. The SMILES string of the molecule is C[C@@H]1Cc2cc(S(=O)(=O)N[C@@H](C)CCc3ccccc3)ccc2N1C(=O)c1ccccc1. The molecule has 0 aromatic heterocycles. The molecule has 166 valence electrons. The lowest BCUT2D eigenvalue weighted by molar-refractivity contribution is 0.0981. The minimum Gasteiger partial charge on any atom is -0.305 e. The Balaban J connectivity index is 1.48. The van der Waals surface area contributed by atoms with Crippen molar-refractivity contribution in [2.45, 2.75) is 50.1 Å². The summed E-state index contributed by atoms with van der Waals surface area (Å²) in [4.78, 5) is 15.0. The Hall–Kier alpha value is -2.96. The third kappa shape index (κ3) is 4.76. The number of anilines is 1. The van der Waals surface area contributed by atoms with Crippen LogP contribution in [0.4, 0.5) is 5.69 Å². The molecule has 0 aliphatic carbocycles. The number of hydrogen-bond donors (Lipinski definition) is 1. The Labute approximate surface area is 190 Å². The van der Waals surface area contributed by atoms with Gasteiger partial charge in [0.15, 0.2) is 0 Å². The number of fused-ring (bicyclic) bond motifs is 1. The molecule has 4 rings (SSSR count). The zero-order valence-electron chi connectivity index (χ0n) is 18.4. The third-order valence-corrected chi connectivity index (χ3v) is 7.47. The van der Waals surface area contributed by atoms with Crippen molar-refractivity contribution in [1.82, 2.24) is 4.72 Å². The summed E-state index contributed by atoms with van der Waals surface area (Å²) in [5.41, 5.74) is 3.47. The van der Waals surface area contributed by atoms with Gasteiger partial charge in [-0.3, -0.25) is 4.79 Å². The van der Waals surface area contributed by atoms with Crippen LogP contribution in [0.3, 0.4) is 0 Å². The molecule has 0 saturated carbocycles. The molecule has 0 bridgehead atoms. The van der Waals surface area contributed by atoms with E-state index >= 15 is 0 Å². The summed E-state index contributed by atoms with van der Waals surface area (Å²) in [6, 6.07) is 24.0. The van der Waals surface area contributed by atoms with Gasteiger partial charge < -0.3 is 4.90 Å². The van der Waals surface area contributed by atoms with Crippen molar-refractivity contribution >= 4 is 21.6 Å². The second-order valence-corrected chi connectivity index (χ2v) is 10.1. The molecule has 32 heavy (non-hydrogen) atoms. The van der Waals surface area contributed by atoms with Crippen LogP contribution in [-0.2, 0) is 22.9 Å². The molecule has 1 N–H and O–H groups in total. The van der Waals surface area contributed by atoms with Gasteiger partial charge in [-0.05, 0) is 74.6 Å². The average Bonchev–Trinajstić information content (AvgIpc) is 3.13. The Morgan fingerprint density at radius 3 is 2.38 bits per heavy atom. The van der Waals surface area contributed by atoms with Gasteiger partial charge in [0.25, 0.3) is 5.91 Å². The molecule has 3 aromatic rings. The van der Waals surface area contributed by atoms with Crippen LogP contribution in [-0.4, -0.2) is 26.4 Å². The van der Waals surface area contributed by atoms with Crippen molar-refractivity contribution in [3.05, 3.63) is 95.6 Å². The van der Waals surface area contributed by atoms with Crippen LogP contribution in [0.5, 0.6) is 0 Å². The molecule has 5 nitrogen and oxygen atoms in total. The second kappa shape index (κ2) is 9.27. The number of carbonyl (C=O) groups excluding carboxylic acids is 1. The molecule has 6 heteroatoms. The lowest BCUT2D eigenvalue weighted by Gasteiger charge is -2.23. The Morgan fingerprint density at radius 1 is 1.03 bits per heavy atom. The number of nitrogens with zero attached hydrogens (tertiary/aromatic N) is 1. The molecular formula is C26H28N2O3S. The first-order valence-electron chi connectivity index (χ1n) is 10.9. The van der Waals surface area contributed by atoms with Gasteiger partial charge in [-0.15, -0.1) is 0 Å². The maximum absolute atomic E-state index is 13.0. The van der Waals surface area contributed by atoms with Crippen LogP contribution in [0.15, 0.2) is 83.8 Å². The predicted molar refractivity (Wildman–Crippen MR) is 127 cm³/mol. The molecule has 1 aliphatic heterocycles. The molecule has 0 fully saturated rings.